The topological polar surface area (TPSA) is 64.1 Å². The Morgan fingerprint density at radius 2 is 2.08 bits per heavy atom. The predicted octanol–water partition coefficient (Wildman–Crippen LogP) is 2.82. The first-order valence-electron chi connectivity index (χ1n) is 7.83. The molecule has 1 aliphatic heterocycles. The third kappa shape index (κ3) is 6.52. The summed E-state index contributed by atoms with van der Waals surface area (Å²) < 4.78 is 16.1. The molecule has 1 heterocycles. The standard InChI is InChI=1S/C16H24ClN3O3.HI/c1-3-18-16(19-5-4-6-21-2)20-11-12-9-13(17)15-14(10-12)22-7-8-23-15;/h9-10H,3-8,11H2,1-2H3,(H2,18,19,20);1H. The Hall–Kier alpha value is -0.930. The van der Waals surface area contributed by atoms with E-state index in [4.69, 9.17) is 25.8 Å². The quantitative estimate of drug-likeness (QED) is 0.278. The number of hydrogen-bond acceptors (Lipinski definition) is 4. The number of rotatable bonds is 7. The zero-order valence-electron chi connectivity index (χ0n) is 14.1. The summed E-state index contributed by atoms with van der Waals surface area (Å²) >= 11 is 6.24. The zero-order chi connectivity index (χ0) is 16.5. The van der Waals surface area contributed by atoms with Crippen molar-refractivity contribution in [1.82, 2.24) is 10.6 Å². The van der Waals surface area contributed by atoms with Gasteiger partial charge in [0.25, 0.3) is 0 Å². The maximum Gasteiger partial charge on any atom is 0.191 e. The summed E-state index contributed by atoms with van der Waals surface area (Å²) in [5, 5.41) is 7.05. The molecule has 0 spiro atoms. The highest BCUT2D eigenvalue weighted by Gasteiger charge is 2.16. The van der Waals surface area contributed by atoms with E-state index in [-0.39, 0.29) is 24.0 Å². The summed E-state index contributed by atoms with van der Waals surface area (Å²) in [5.74, 6) is 2.08. The van der Waals surface area contributed by atoms with Crippen molar-refractivity contribution in [2.45, 2.75) is 19.9 Å². The van der Waals surface area contributed by atoms with Crippen LogP contribution in [0.3, 0.4) is 0 Å². The Morgan fingerprint density at radius 1 is 1.29 bits per heavy atom. The Bertz CT molecular complexity index is 544. The maximum atomic E-state index is 6.24. The van der Waals surface area contributed by atoms with Crippen LogP contribution in [0.4, 0.5) is 0 Å². The number of methoxy groups -OCH3 is 1. The van der Waals surface area contributed by atoms with Gasteiger partial charge in [0, 0.05) is 26.8 Å². The molecule has 24 heavy (non-hydrogen) atoms. The molecule has 6 nitrogen and oxygen atoms in total. The lowest BCUT2D eigenvalue weighted by molar-refractivity contribution is 0.171. The highest BCUT2D eigenvalue weighted by atomic mass is 127. The average molecular weight is 470 g/mol. The van der Waals surface area contributed by atoms with Gasteiger partial charge in [0.1, 0.15) is 13.2 Å². The molecule has 1 aromatic carbocycles. The molecule has 0 aromatic heterocycles. The fraction of sp³-hybridized carbons (Fsp3) is 0.562. The van der Waals surface area contributed by atoms with Gasteiger partial charge in [-0.25, -0.2) is 4.99 Å². The summed E-state index contributed by atoms with van der Waals surface area (Å²) in [6.45, 7) is 5.95. The zero-order valence-corrected chi connectivity index (χ0v) is 17.1. The highest BCUT2D eigenvalue weighted by molar-refractivity contribution is 14.0. The minimum Gasteiger partial charge on any atom is -0.486 e. The predicted molar refractivity (Wildman–Crippen MR) is 107 cm³/mol. The van der Waals surface area contributed by atoms with Crippen molar-refractivity contribution in [2.75, 3.05) is 40.0 Å². The summed E-state index contributed by atoms with van der Waals surface area (Å²) in [5.41, 5.74) is 0.980. The van der Waals surface area contributed by atoms with Gasteiger partial charge in [-0.2, -0.15) is 0 Å². The third-order valence-corrected chi connectivity index (χ3v) is 3.52. The molecule has 0 saturated carbocycles. The van der Waals surface area contributed by atoms with Crippen LogP contribution in [0, 0.1) is 0 Å². The minimum atomic E-state index is 0. The van der Waals surface area contributed by atoms with Gasteiger partial charge in [-0.05, 0) is 31.0 Å². The van der Waals surface area contributed by atoms with Crippen molar-refractivity contribution in [3.05, 3.63) is 22.7 Å². The van der Waals surface area contributed by atoms with Crippen molar-refractivity contribution < 1.29 is 14.2 Å². The molecule has 2 N–H and O–H groups in total. The van der Waals surface area contributed by atoms with E-state index < -0.39 is 0 Å². The van der Waals surface area contributed by atoms with Gasteiger partial charge in [0.2, 0.25) is 0 Å². The van der Waals surface area contributed by atoms with Crippen LogP contribution in [0.5, 0.6) is 11.5 Å². The molecular formula is C16H25ClIN3O3. The molecule has 1 aliphatic rings. The van der Waals surface area contributed by atoms with Crippen molar-refractivity contribution in [3.8, 4) is 11.5 Å². The molecule has 0 unspecified atom stereocenters. The number of fused-ring (bicyclic) bond motifs is 1. The van der Waals surface area contributed by atoms with E-state index in [0.717, 1.165) is 37.6 Å². The maximum absolute atomic E-state index is 6.24. The van der Waals surface area contributed by atoms with E-state index in [9.17, 15) is 0 Å². The second kappa shape index (κ2) is 11.6. The van der Waals surface area contributed by atoms with Crippen molar-refractivity contribution in [2.24, 2.45) is 4.99 Å². The van der Waals surface area contributed by atoms with Crippen LogP contribution in [-0.4, -0.2) is 46.0 Å². The summed E-state index contributed by atoms with van der Waals surface area (Å²) in [7, 11) is 1.70. The molecule has 0 atom stereocenters. The molecule has 1 aromatic rings. The molecule has 0 aliphatic carbocycles. The molecule has 0 amide bonds. The van der Waals surface area contributed by atoms with E-state index in [1.165, 1.54) is 0 Å². The van der Waals surface area contributed by atoms with Crippen molar-refractivity contribution in [1.29, 1.82) is 0 Å². The van der Waals surface area contributed by atoms with E-state index in [2.05, 4.69) is 15.6 Å². The van der Waals surface area contributed by atoms with E-state index in [0.29, 0.717) is 36.3 Å². The second-order valence-corrected chi connectivity index (χ2v) is 5.48. The van der Waals surface area contributed by atoms with Gasteiger partial charge >= 0.3 is 0 Å². The molecule has 0 fully saturated rings. The van der Waals surface area contributed by atoms with Gasteiger partial charge in [0.05, 0.1) is 11.6 Å². The van der Waals surface area contributed by atoms with E-state index >= 15 is 0 Å². The van der Waals surface area contributed by atoms with Crippen LogP contribution < -0.4 is 20.1 Å². The number of halogens is 2. The van der Waals surface area contributed by atoms with Gasteiger partial charge in [-0.15, -0.1) is 24.0 Å². The molecular weight excluding hydrogens is 445 g/mol. The Morgan fingerprint density at radius 3 is 2.83 bits per heavy atom. The number of aliphatic imine (C=N–C) groups is 1. The smallest absolute Gasteiger partial charge is 0.191 e. The Balaban J connectivity index is 0.00000288. The first-order chi connectivity index (χ1) is 11.2. The first-order valence-corrected chi connectivity index (χ1v) is 8.21. The van der Waals surface area contributed by atoms with Gasteiger partial charge < -0.3 is 24.8 Å². The van der Waals surface area contributed by atoms with Crippen molar-refractivity contribution in [3.63, 3.8) is 0 Å². The molecule has 0 saturated heterocycles. The molecule has 8 heteroatoms. The van der Waals surface area contributed by atoms with Crippen molar-refractivity contribution >= 4 is 41.5 Å². The van der Waals surface area contributed by atoms with Crippen LogP contribution >= 0.6 is 35.6 Å². The normalized spacial score (nSPS) is 13.2. The van der Waals surface area contributed by atoms with Gasteiger partial charge in [0.15, 0.2) is 17.5 Å². The summed E-state index contributed by atoms with van der Waals surface area (Å²) in [6.07, 6.45) is 0.927. The van der Waals surface area contributed by atoms with Gasteiger partial charge in [-0.1, -0.05) is 11.6 Å². The van der Waals surface area contributed by atoms with E-state index in [1.54, 1.807) is 7.11 Å². The fourth-order valence-electron chi connectivity index (χ4n) is 2.19. The minimum absolute atomic E-state index is 0. The average Bonchev–Trinajstić information content (AvgIpc) is 2.56. The van der Waals surface area contributed by atoms with Crippen LogP contribution in [0.15, 0.2) is 17.1 Å². The van der Waals surface area contributed by atoms with Crippen LogP contribution in [0.1, 0.15) is 18.9 Å². The fourth-order valence-corrected chi connectivity index (χ4v) is 2.48. The monoisotopic (exact) mass is 469 g/mol. The molecule has 2 rings (SSSR count). The van der Waals surface area contributed by atoms with Crippen LogP contribution in [-0.2, 0) is 11.3 Å². The Kier molecular flexibility index (Phi) is 10.2. The molecule has 0 radical (unpaired) electrons. The number of hydrogen-bond donors (Lipinski definition) is 2. The van der Waals surface area contributed by atoms with E-state index in [1.807, 2.05) is 19.1 Å². The number of benzene rings is 1. The number of ether oxygens (including phenoxy) is 3. The lowest BCUT2D eigenvalue weighted by atomic mass is 10.2. The first kappa shape index (κ1) is 21.1. The third-order valence-electron chi connectivity index (χ3n) is 3.24. The number of nitrogens with one attached hydrogen (secondary N) is 2. The largest absolute Gasteiger partial charge is 0.486 e. The summed E-state index contributed by atoms with van der Waals surface area (Å²) in [4.78, 5) is 4.57. The Labute approximate surface area is 165 Å². The highest BCUT2D eigenvalue weighted by Crippen LogP contribution is 2.38. The number of guanidine groups is 1. The second-order valence-electron chi connectivity index (χ2n) is 5.07. The van der Waals surface area contributed by atoms with Gasteiger partial charge in [-0.3, -0.25) is 0 Å². The lowest BCUT2D eigenvalue weighted by Crippen LogP contribution is -2.38. The summed E-state index contributed by atoms with van der Waals surface area (Å²) in [6, 6.07) is 3.80. The SMILES string of the molecule is CCNC(=NCc1cc(Cl)c2c(c1)OCCO2)NCCCOC.I. The number of nitrogens with zero attached hydrogens (tertiary/aromatic N) is 1. The molecule has 136 valence electrons. The molecule has 0 bridgehead atoms. The van der Waals surface area contributed by atoms with Crippen LogP contribution in [0.2, 0.25) is 5.02 Å². The van der Waals surface area contributed by atoms with Crippen LogP contribution in [0.25, 0.3) is 0 Å². The lowest BCUT2D eigenvalue weighted by Gasteiger charge is -2.20.